The van der Waals surface area contributed by atoms with Crippen LogP contribution in [0.4, 0.5) is 0 Å². The Kier molecular flexibility index (Phi) is 2.76. The van der Waals surface area contributed by atoms with E-state index in [2.05, 4.69) is 43.9 Å². The van der Waals surface area contributed by atoms with E-state index in [0.717, 1.165) is 0 Å². The SMILES string of the molecule is COC(C)[n+]1c(C)c(C)n(C)c1C. The molecule has 0 amide bonds. The lowest BCUT2D eigenvalue weighted by molar-refractivity contribution is -0.766. The normalized spacial score (nSPS) is 13.4. The van der Waals surface area contributed by atoms with Crippen LogP contribution in [0.5, 0.6) is 0 Å². The summed E-state index contributed by atoms with van der Waals surface area (Å²) in [5.41, 5.74) is 2.57. The van der Waals surface area contributed by atoms with Gasteiger partial charge in [0.15, 0.2) is 6.23 Å². The number of rotatable bonds is 2. The lowest BCUT2D eigenvalue weighted by Crippen LogP contribution is -2.43. The molecular formula is C10H19N2O+. The summed E-state index contributed by atoms with van der Waals surface area (Å²) in [5.74, 6) is 1.23. The first-order valence-corrected chi connectivity index (χ1v) is 4.57. The molecule has 0 aliphatic rings. The molecule has 0 saturated heterocycles. The average Bonchev–Trinajstić information content (AvgIpc) is 2.30. The van der Waals surface area contributed by atoms with E-state index < -0.39 is 0 Å². The second-order valence-corrected chi connectivity index (χ2v) is 3.48. The van der Waals surface area contributed by atoms with Crippen LogP contribution in [0.15, 0.2) is 0 Å². The van der Waals surface area contributed by atoms with Crippen molar-refractivity contribution in [2.45, 2.75) is 33.9 Å². The summed E-state index contributed by atoms with van der Waals surface area (Å²) in [4.78, 5) is 0. The number of nitrogens with zero attached hydrogens (tertiary/aromatic N) is 2. The molecular weight excluding hydrogens is 164 g/mol. The quantitative estimate of drug-likeness (QED) is 0.634. The van der Waals surface area contributed by atoms with E-state index >= 15 is 0 Å². The highest BCUT2D eigenvalue weighted by atomic mass is 16.5. The van der Waals surface area contributed by atoms with Gasteiger partial charge in [-0.15, -0.1) is 0 Å². The predicted octanol–water partition coefficient (Wildman–Crippen LogP) is 1.40. The standard InChI is InChI=1S/C10H19N2O/c1-7-8(2)12(10(4)13-6)9(3)11(7)5/h10H,1-6H3/q+1. The Hall–Kier alpha value is -0.830. The highest BCUT2D eigenvalue weighted by Crippen LogP contribution is 2.09. The van der Waals surface area contributed by atoms with Gasteiger partial charge in [-0.3, -0.25) is 0 Å². The molecule has 0 fully saturated rings. The third-order valence-electron chi connectivity index (χ3n) is 2.93. The first kappa shape index (κ1) is 10.3. The fraction of sp³-hybridized carbons (Fsp3) is 0.700. The summed E-state index contributed by atoms with van der Waals surface area (Å²) >= 11 is 0. The van der Waals surface area contributed by atoms with Crippen LogP contribution in [-0.4, -0.2) is 11.7 Å². The fourth-order valence-electron chi connectivity index (χ4n) is 1.71. The monoisotopic (exact) mass is 183 g/mol. The molecule has 3 heteroatoms. The van der Waals surface area contributed by atoms with Gasteiger partial charge in [0.05, 0.1) is 7.05 Å². The van der Waals surface area contributed by atoms with Gasteiger partial charge in [-0.2, -0.15) is 0 Å². The molecule has 0 aliphatic carbocycles. The van der Waals surface area contributed by atoms with E-state index in [4.69, 9.17) is 4.74 Å². The molecule has 13 heavy (non-hydrogen) atoms. The van der Waals surface area contributed by atoms with Crippen LogP contribution < -0.4 is 4.57 Å². The van der Waals surface area contributed by atoms with E-state index in [1.165, 1.54) is 17.2 Å². The molecule has 3 nitrogen and oxygen atoms in total. The Morgan fingerprint density at radius 3 is 2.15 bits per heavy atom. The molecule has 1 unspecified atom stereocenters. The van der Waals surface area contributed by atoms with Crippen LogP contribution in [0.2, 0.25) is 0 Å². The zero-order valence-electron chi connectivity index (χ0n) is 9.38. The number of imidazole rings is 1. The van der Waals surface area contributed by atoms with Crippen LogP contribution in [0.25, 0.3) is 0 Å². The van der Waals surface area contributed by atoms with Crippen LogP contribution in [0.3, 0.4) is 0 Å². The average molecular weight is 183 g/mol. The van der Waals surface area contributed by atoms with Crippen molar-refractivity contribution in [3.8, 4) is 0 Å². The highest BCUT2D eigenvalue weighted by molar-refractivity contribution is 5.05. The van der Waals surface area contributed by atoms with Gasteiger partial charge in [0, 0.05) is 34.8 Å². The van der Waals surface area contributed by atoms with Gasteiger partial charge in [0.2, 0.25) is 0 Å². The zero-order valence-corrected chi connectivity index (χ0v) is 9.38. The van der Waals surface area contributed by atoms with E-state index in [-0.39, 0.29) is 6.23 Å². The molecule has 0 aromatic carbocycles. The van der Waals surface area contributed by atoms with Gasteiger partial charge in [-0.1, -0.05) is 0 Å². The predicted molar refractivity (Wildman–Crippen MR) is 51.5 cm³/mol. The van der Waals surface area contributed by atoms with Crippen molar-refractivity contribution in [2.75, 3.05) is 7.11 Å². The Bertz CT molecular complexity index is 290. The lowest BCUT2D eigenvalue weighted by atomic mass is 10.3. The number of methoxy groups -OCH3 is 1. The molecule has 0 saturated carbocycles. The van der Waals surface area contributed by atoms with E-state index in [1.807, 2.05) is 0 Å². The van der Waals surface area contributed by atoms with E-state index in [0.29, 0.717) is 0 Å². The molecule has 1 atom stereocenters. The van der Waals surface area contributed by atoms with Crippen molar-refractivity contribution >= 4 is 0 Å². The summed E-state index contributed by atoms with van der Waals surface area (Å²) in [5, 5.41) is 0. The Balaban J connectivity index is 3.28. The molecule has 1 aromatic heterocycles. The van der Waals surface area contributed by atoms with Crippen molar-refractivity contribution in [1.29, 1.82) is 0 Å². The van der Waals surface area contributed by atoms with Gasteiger partial charge in [-0.25, -0.2) is 9.13 Å². The molecule has 0 N–H and O–H groups in total. The van der Waals surface area contributed by atoms with Crippen molar-refractivity contribution in [3.05, 3.63) is 17.2 Å². The first-order valence-electron chi connectivity index (χ1n) is 4.57. The van der Waals surface area contributed by atoms with Gasteiger partial charge in [0.1, 0.15) is 11.4 Å². The van der Waals surface area contributed by atoms with Gasteiger partial charge in [-0.05, 0) is 0 Å². The third kappa shape index (κ3) is 1.48. The second kappa shape index (κ2) is 3.50. The van der Waals surface area contributed by atoms with E-state index in [9.17, 15) is 0 Å². The Morgan fingerprint density at radius 2 is 1.85 bits per heavy atom. The summed E-state index contributed by atoms with van der Waals surface area (Å²) in [6, 6.07) is 0. The Labute approximate surface area is 79.9 Å². The number of ether oxygens (including phenoxy) is 1. The van der Waals surface area contributed by atoms with Gasteiger partial charge in [0.25, 0.3) is 5.82 Å². The minimum Gasteiger partial charge on any atom is -0.343 e. The molecule has 1 heterocycles. The molecule has 0 spiro atoms. The summed E-state index contributed by atoms with van der Waals surface area (Å²) in [7, 11) is 3.81. The van der Waals surface area contributed by atoms with Crippen molar-refractivity contribution in [1.82, 2.24) is 4.57 Å². The highest BCUT2D eigenvalue weighted by Gasteiger charge is 2.23. The third-order valence-corrected chi connectivity index (χ3v) is 2.93. The minimum absolute atomic E-state index is 0.111. The molecule has 0 bridgehead atoms. The Morgan fingerprint density at radius 1 is 1.31 bits per heavy atom. The lowest BCUT2D eigenvalue weighted by Gasteiger charge is -2.08. The molecule has 74 valence electrons. The summed E-state index contributed by atoms with van der Waals surface area (Å²) in [6.45, 7) is 8.41. The zero-order chi connectivity index (χ0) is 10.2. The van der Waals surface area contributed by atoms with Crippen LogP contribution >= 0.6 is 0 Å². The van der Waals surface area contributed by atoms with Crippen LogP contribution in [0, 0.1) is 20.8 Å². The van der Waals surface area contributed by atoms with Crippen molar-refractivity contribution in [2.24, 2.45) is 7.05 Å². The second-order valence-electron chi connectivity index (χ2n) is 3.48. The molecule has 0 radical (unpaired) electrons. The molecule has 1 rings (SSSR count). The number of aromatic nitrogens is 2. The summed E-state index contributed by atoms with van der Waals surface area (Å²) in [6.07, 6.45) is 0.111. The van der Waals surface area contributed by atoms with Gasteiger partial charge >= 0.3 is 0 Å². The molecule has 0 aliphatic heterocycles. The van der Waals surface area contributed by atoms with E-state index in [1.54, 1.807) is 7.11 Å². The minimum atomic E-state index is 0.111. The smallest absolute Gasteiger partial charge is 0.255 e. The maximum atomic E-state index is 5.32. The van der Waals surface area contributed by atoms with Crippen molar-refractivity contribution < 1.29 is 9.30 Å². The maximum absolute atomic E-state index is 5.32. The first-order chi connectivity index (χ1) is 6.00. The fourth-order valence-corrected chi connectivity index (χ4v) is 1.71. The summed E-state index contributed by atoms with van der Waals surface area (Å²) < 4.78 is 9.70. The topological polar surface area (TPSA) is 18.0 Å². The van der Waals surface area contributed by atoms with Crippen molar-refractivity contribution in [3.63, 3.8) is 0 Å². The largest absolute Gasteiger partial charge is 0.343 e. The van der Waals surface area contributed by atoms with Crippen LogP contribution in [0.1, 0.15) is 30.4 Å². The maximum Gasteiger partial charge on any atom is 0.255 e. The van der Waals surface area contributed by atoms with Crippen LogP contribution in [-0.2, 0) is 11.8 Å². The number of hydrogen-bond donors (Lipinski definition) is 0. The van der Waals surface area contributed by atoms with Gasteiger partial charge < -0.3 is 4.74 Å². The number of hydrogen-bond acceptors (Lipinski definition) is 1. The molecule has 1 aromatic rings.